The van der Waals surface area contributed by atoms with Gasteiger partial charge in [-0.15, -0.1) is 0 Å². The highest BCUT2D eigenvalue weighted by molar-refractivity contribution is 6.28. The highest BCUT2D eigenvalue weighted by atomic mass is 35.5. The average molecular weight is 459 g/mol. The number of rotatable bonds is 2. The molecule has 0 unspecified atom stereocenters. The molecule has 6 heteroatoms. The van der Waals surface area contributed by atoms with E-state index in [2.05, 4.69) is 57.4 Å². The molecule has 160 valence electrons. The number of furan rings is 1. The van der Waals surface area contributed by atoms with Crippen molar-refractivity contribution in [3.63, 3.8) is 0 Å². The summed E-state index contributed by atoms with van der Waals surface area (Å²) in [5, 5.41) is 6.80. The maximum absolute atomic E-state index is 6.35. The quantitative estimate of drug-likeness (QED) is 0.251. The second-order valence-electron chi connectivity index (χ2n) is 8.16. The fourth-order valence-corrected chi connectivity index (χ4v) is 4.67. The average Bonchev–Trinajstić information content (AvgIpc) is 3.26. The van der Waals surface area contributed by atoms with E-state index < -0.39 is 0 Å². The third-order valence-corrected chi connectivity index (χ3v) is 6.31. The van der Waals surface area contributed by atoms with Gasteiger partial charge in [-0.3, -0.25) is 4.98 Å². The first kappa shape index (κ1) is 19.1. The van der Waals surface area contributed by atoms with E-state index in [1.807, 2.05) is 42.6 Å². The molecule has 5 nitrogen and oxygen atoms in total. The van der Waals surface area contributed by atoms with E-state index in [4.69, 9.17) is 21.0 Å². The molecule has 0 aliphatic heterocycles. The maximum Gasteiger partial charge on any atom is 0.226 e. The molecular weight excluding hydrogens is 444 g/mol. The molecule has 0 aliphatic carbocycles. The number of hydrogen-bond donors (Lipinski definition) is 0. The van der Waals surface area contributed by atoms with E-state index in [-0.39, 0.29) is 5.28 Å². The summed E-state index contributed by atoms with van der Waals surface area (Å²) in [4.78, 5) is 17.8. The van der Waals surface area contributed by atoms with Crippen molar-refractivity contribution in [2.75, 3.05) is 0 Å². The summed E-state index contributed by atoms with van der Waals surface area (Å²) in [5.41, 5.74) is 3.22. The highest BCUT2D eigenvalue weighted by Crippen LogP contribution is 2.33. The van der Waals surface area contributed by atoms with Gasteiger partial charge in [0.25, 0.3) is 0 Å². The highest BCUT2D eigenvalue weighted by Gasteiger charge is 2.13. The van der Waals surface area contributed by atoms with Gasteiger partial charge >= 0.3 is 0 Å². The Kier molecular flexibility index (Phi) is 4.13. The van der Waals surface area contributed by atoms with Gasteiger partial charge in [0.2, 0.25) is 5.28 Å². The van der Waals surface area contributed by atoms with Crippen LogP contribution in [0, 0.1) is 0 Å². The van der Waals surface area contributed by atoms with Crippen LogP contribution in [-0.2, 0) is 0 Å². The summed E-state index contributed by atoms with van der Waals surface area (Å²) >= 11 is 6.35. The van der Waals surface area contributed by atoms with Crippen molar-refractivity contribution >= 4 is 55.1 Å². The van der Waals surface area contributed by atoms with Crippen LogP contribution in [0.15, 0.2) is 95.7 Å². The zero-order chi connectivity index (χ0) is 22.6. The lowest BCUT2D eigenvalue weighted by Crippen LogP contribution is -1.97. The summed E-state index contributed by atoms with van der Waals surface area (Å²) in [5.74, 6) is 1.02. The minimum atomic E-state index is 0.145. The lowest BCUT2D eigenvalue weighted by molar-refractivity contribution is 0.668. The Morgan fingerprint density at radius 1 is 0.588 bits per heavy atom. The fourth-order valence-electron chi connectivity index (χ4n) is 4.51. The number of benzene rings is 4. The van der Waals surface area contributed by atoms with Gasteiger partial charge in [0.15, 0.2) is 11.6 Å². The maximum atomic E-state index is 6.35. The van der Waals surface area contributed by atoms with Crippen LogP contribution in [0.5, 0.6) is 0 Å². The van der Waals surface area contributed by atoms with Gasteiger partial charge in [0, 0.05) is 34.3 Å². The summed E-state index contributed by atoms with van der Waals surface area (Å²) in [6.07, 6.45) is 3.53. The first-order chi connectivity index (χ1) is 16.7. The normalized spacial score (nSPS) is 11.7. The minimum Gasteiger partial charge on any atom is -0.456 e. The lowest BCUT2D eigenvalue weighted by Gasteiger charge is -2.08. The molecule has 0 amide bonds. The van der Waals surface area contributed by atoms with E-state index >= 15 is 0 Å². The van der Waals surface area contributed by atoms with Crippen molar-refractivity contribution < 1.29 is 4.42 Å². The number of pyridine rings is 1. The first-order valence-electron chi connectivity index (χ1n) is 10.8. The van der Waals surface area contributed by atoms with Gasteiger partial charge < -0.3 is 4.42 Å². The third kappa shape index (κ3) is 3.02. The van der Waals surface area contributed by atoms with Crippen LogP contribution in [0.1, 0.15) is 0 Å². The van der Waals surface area contributed by atoms with Gasteiger partial charge in [-0.2, -0.15) is 9.97 Å². The van der Waals surface area contributed by atoms with Gasteiger partial charge in [-0.25, -0.2) is 4.98 Å². The van der Waals surface area contributed by atoms with E-state index in [0.29, 0.717) is 11.6 Å². The van der Waals surface area contributed by atoms with Crippen molar-refractivity contribution in [1.29, 1.82) is 0 Å². The molecule has 0 saturated heterocycles. The molecule has 3 heterocycles. The number of aromatic nitrogens is 4. The zero-order valence-electron chi connectivity index (χ0n) is 17.7. The number of fused-ring (bicyclic) bond motifs is 6. The van der Waals surface area contributed by atoms with E-state index in [9.17, 15) is 0 Å². The molecule has 7 aromatic rings. The summed E-state index contributed by atoms with van der Waals surface area (Å²) < 4.78 is 6.00. The first-order valence-corrected chi connectivity index (χ1v) is 11.2. The van der Waals surface area contributed by atoms with Crippen molar-refractivity contribution in [1.82, 2.24) is 19.9 Å². The van der Waals surface area contributed by atoms with Crippen molar-refractivity contribution in [3.8, 4) is 22.8 Å². The zero-order valence-corrected chi connectivity index (χ0v) is 18.5. The van der Waals surface area contributed by atoms with Crippen molar-refractivity contribution in [2.24, 2.45) is 0 Å². The summed E-state index contributed by atoms with van der Waals surface area (Å²) in [6.45, 7) is 0. The van der Waals surface area contributed by atoms with Crippen molar-refractivity contribution in [2.45, 2.75) is 0 Å². The van der Waals surface area contributed by atoms with E-state index in [0.717, 1.165) is 43.8 Å². The molecule has 34 heavy (non-hydrogen) atoms. The van der Waals surface area contributed by atoms with Crippen LogP contribution in [0.25, 0.3) is 66.3 Å². The SMILES string of the molecule is Clc1nc(-c2ccc3c(c2)oc2ccncc23)nc(-c2ccc3ccc4ccccc4c3c2)n1. The Hall–Kier alpha value is -4.35. The van der Waals surface area contributed by atoms with Crippen LogP contribution in [0.4, 0.5) is 0 Å². The van der Waals surface area contributed by atoms with Gasteiger partial charge in [0.1, 0.15) is 11.2 Å². The van der Waals surface area contributed by atoms with E-state index in [1.165, 1.54) is 10.8 Å². The predicted molar refractivity (Wildman–Crippen MR) is 136 cm³/mol. The Morgan fingerprint density at radius 3 is 2.21 bits per heavy atom. The molecule has 0 radical (unpaired) electrons. The lowest BCUT2D eigenvalue weighted by atomic mass is 10.00. The second kappa shape index (κ2) is 7.33. The molecule has 0 N–H and O–H groups in total. The van der Waals surface area contributed by atoms with Crippen LogP contribution >= 0.6 is 11.6 Å². The van der Waals surface area contributed by atoms with Crippen LogP contribution in [-0.4, -0.2) is 19.9 Å². The molecule has 7 rings (SSSR count). The van der Waals surface area contributed by atoms with Crippen LogP contribution < -0.4 is 0 Å². The van der Waals surface area contributed by atoms with Crippen LogP contribution in [0.3, 0.4) is 0 Å². The molecule has 0 aliphatic rings. The Bertz CT molecular complexity index is 1890. The number of halogens is 1. The third-order valence-electron chi connectivity index (χ3n) is 6.14. The Labute approximate surface area is 198 Å². The fraction of sp³-hybridized carbons (Fsp3) is 0. The molecule has 0 spiro atoms. The standard InChI is InChI=1S/C28H15ClN4O/c29-28-32-26(18-8-7-17-6-5-16-3-1-2-4-20(16)22(17)13-18)31-27(33-28)19-9-10-21-23-15-30-12-11-24(23)34-25(21)14-19/h1-15H. The minimum absolute atomic E-state index is 0.145. The van der Waals surface area contributed by atoms with Gasteiger partial charge in [-0.05, 0) is 57.4 Å². The Morgan fingerprint density at radius 2 is 1.32 bits per heavy atom. The molecular formula is C28H15ClN4O. The topological polar surface area (TPSA) is 64.7 Å². The molecule has 0 fully saturated rings. The molecule has 3 aromatic heterocycles. The van der Waals surface area contributed by atoms with E-state index in [1.54, 1.807) is 6.20 Å². The molecule has 0 bridgehead atoms. The molecule has 0 atom stereocenters. The summed E-state index contributed by atoms with van der Waals surface area (Å²) in [6, 6.07) is 26.6. The predicted octanol–water partition coefficient (Wildman–Crippen LogP) is 7.46. The van der Waals surface area contributed by atoms with Crippen LogP contribution in [0.2, 0.25) is 5.28 Å². The number of nitrogens with zero attached hydrogens (tertiary/aromatic N) is 4. The van der Waals surface area contributed by atoms with Crippen molar-refractivity contribution in [3.05, 3.63) is 96.5 Å². The summed E-state index contributed by atoms with van der Waals surface area (Å²) in [7, 11) is 0. The Balaban J connectivity index is 1.38. The molecule has 4 aromatic carbocycles. The van der Waals surface area contributed by atoms with Gasteiger partial charge in [-0.1, -0.05) is 54.6 Å². The monoisotopic (exact) mass is 458 g/mol. The van der Waals surface area contributed by atoms with Gasteiger partial charge in [0.05, 0.1) is 0 Å². The number of hydrogen-bond acceptors (Lipinski definition) is 5. The smallest absolute Gasteiger partial charge is 0.226 e. The molecule has 0 saturated carbocycles. The largest absolute Gasteiger partial charge is 0.456 e. The second-order valence-corrected chi connectivity index (χ2v) is 8.50.